The van der Waals surface area contributed by atoms with Gasteiger partial charge in [-0.05, 0) is 5.56 Å². The van der Waals surface area contributed by atoms with Crippen molar-refractivity contribution < 1.29 is 46.7 Å². The number of rotatable bonds is 4. The average Bonchev–Trinajstić information content (AvgIpc) is 2.47. The van der Waals surface area contributed by atoms with Gasteiger partial charge in [0.25, 0.3) is 11.5 Å². The number of aromatic amines is 1. The molecule has 0 aliphatic heterocycles. The van der Waals surface area contributed by atoms with Crippen molar-refractivity contribution in [3.8, 4) is 17.0 Å². The van der Waals surface area contributed by atoms with E-state index in [0.717, 1.165) is 5.56 Å². The van der Waals surface area contributed by atoms with Crippen LogP contribution < -0.4 is 10.9 Å². The number of aromatic hydroxyl groups is 1. The van der Waals surface area contributed by atoms with E-state index in [-0.39, 0.29) is 42.4 Å². The molecule has 7 N–H and O–H groups in total. The number of carbonyl (C=O) groups excluding carboxylic acids is 1. The van der Waals surface area contributed by atoms with Gasteiger partial charge in [0.15, 0.2) is 0 Å². The van der Waals surface area contributed by atoms with E-state index in [0.29, 0.717) is 5.69 Å². The second-order valence-corrected chi connectivity index (χ2v) is 4.41. The van der Waals surface area contributed by atoms with E-state index in [4.69, 9.17) is 6.58 Å². The Bertz CT molecular complexity index is 731. The quantitative estimate of drug-likeness (QED) is 0.658. The van der Waals surface area contributed by atoms with E-state index in [9.17, 15) is 14.7 Å². The summed E-state index contributed by atoms with van der Waals surface area (Å²) < 4.78 is 0. The molecule has 24 heavy (non-hydrogen) atoms. The fraction of sp³-hybridized carbons (Fsp3) is 0.0625. The van der Waals surface area contributed by atoms with Crippen LogP contribution in [0.2, 0.25) is 0 Å². The fourth-order valence-electron chi connectivity index (χ4n) is 1.83. The van der Waals surface area contributed by atoms with Crippen LogP contribution >= 0.6 is 0 Å². The molecule has 2 rings (SSSR count). The predicted molar refractivity (Wildman–Crippen MR) is 86.9 cm³/mol. The van der Waals surface area contributed by atoms with Gasteiger partial charge in [-0.3, -0.25) is 15.7 Å². The first-order valence-electron chi connectivity index (χ1n) is 6.23. The number of hydrogen-bond acceptors (Lipinski definition) is 3. The first-order valence-corrected chi connectivity index (χ1v) is 6.23. The summed E-state index contributed by atoms with van der Waals surface area (Å²) in [6.07, 6.45) is 1.17. The van der Waals surface area contributed by atoms with Gasteiger partial charge in [-0.15, -0.1) is 6.04 Å². The van der Waals surface area contributed by atoms with Crippen LogP contribution in [0.1, 0.15) is 10.4 Å². The number of amides is 1. The van der Waals surface area contributed by atoms with Gasteiger partial charge in [-0.2, -0.15) is 0 Å². The molecule has 1 radical (unpaired) electrons. The molecule has 7 nitrogen and oxygen atoms in total. The maximum absolute atomic E-state index is 12.0. The molecule has 2 aromatic rings. The third-order valence-corrected chi connectivity index (χ3v) is 2.87. The van der Waals surface area contributed by atoms with Gasteiger partial charge in [0.05, 0.1) is 5.69 Å². The van der Waals surface area contributed by atoms with Crippen molar-refractivity contribution in [2.24, 2.45) is 0 Å². The molecule has 0 aliphatic carbocycles. The van der Waals surface area contributed by atoms with Crippen molar-refractivity contribution in [2.45, 2.75) is 6.04 Å². The minimum absolute atomic E-state index is 0. The van der Waals surface area contributed by atoms with Gasteiger partial charge in [0, 0.05) is 31.9 Å². The molecule has 0 fully saturated rings. The number of carbonyl (C=O) groups is 1. The molecule has 1 aromatic carbocycles. The standard InChI is InChI=1S/C16H14N2O3.2H2O.Sc/c1-3-10(2)17-15(20)14-13(19)9-12(18-16(14)21)11-7-5-4-6-8-11;;;/h1,3-10H,2H2,(H,17,20)(H2,18,19,21);2*1H2;/q-2;;;/t10-;;;/m0.../s1. The Morgan fingerprint density at radius 3 is 2.38 bits per heavy atom. The Morgan fingerprint density at radius 2 is 1.88 bits per heavy atom. The summed E-state index contributed by atoms with van der Waals surface area (Å²) in [6, 6.07) is 9.66. The first kappa shape index (κ1) is 24.2. The van der Waals surface area contributed by atoms with Crippen LogP contribution in [-0.4, -0.2) is 33.0 Å². The molecular formula is C16H18N2O5Sc-2. The van der Waals surface area contributed by atoms with Crippen molar-refractivity contribution in [2.75, 3.05) is 0 Å². The molecule has 8 heteroatoms. The molecule has 127 valence electrons. The molecule has 1 aromatic heterocycles. The maximum Gasteiger partial charge on any atom is 0.265 e. The summed E-state index contributed by atoms with van der Waals surface area (Å²) in [4.78, 5) is 26.5. The van der Waals surface area contributed by atoms with E-state index in [1.165, 1.54) is 12.1 Å². The van der Waals surface area contributed by atoms with Crippen molar-refractivity contribution >= 4 is 5.91 Å². The second-order valence-electron chi connectivity index (χ2n) is 4.41. The minimum atomic E-state index is -0.741. The number of pyridine rings is 1. The van der Waals surface area contributed by atoms with E-state index < -0.39 is 23.3 Å². The smallest absolute Gasteiger partial charge is 0.265 e. The summed E-state index contributed by atoms with van der Waals surface area (Å²) in [7, 11) is 0. The summed E-state index contributed by atoms with van der Waals surface area (Å²) >= 11 is 0. The monoisotopic (exact) mass is 363 g/mol. The Kier molecular flexibility index (Phi) is 10.8. The van der Waals surface area contributed by atoms with Crippen molar-refractivity contribution in [1.29, 1.82) is 0 Å². The van der Waals surface area contributed by atoms with Crippen LogP contribution in [0.15, 0.2) is 47.3 Å². The number of H-pyrrole nitrogens is 1. The Hall–Kier alpha value is -2.03. The van der Waals surface area contributed by atoms with Crippen LogP contribution in [-0.2, 0) is 25.8 Å². The molecule has 0 saturated heterocycles. The van der Waals surface area contributed by atoms with Gasteiger partial charge < -0.3 is 39.9 Å². The van der Waals surface area contributed by atoms with E-state index >= 15 is 0 Å². The molecule has 0 spiro atoms. The number of benzene rings is 1. The summed E-state index contributed by atoms with van der Waals surface area (Å²) in [5.41, 5.74) is 0.0918. The largest absolute Gasteiger partial charge is 0.519 e. The molecular weight excluding hydrogens is 345 g/mol. The van der Waals surface area contributed by atoms with Crippen LogP contribution in [0.4, 0.5) is 0 Å². The minimum Gasteiger partial charge on any atom is -0.519 e. The van der Waals surface area contributed by atoms with Crippen molar-refractivity contribution in [3.05, 3.63) is 71.9 Å². The Labute approximate surface area is 157 Å². The van der Waals surface area contributed by atoms with E-state index in [1.54, 1.807) is 24.3 Å². The third kappa shape index (κ3) is 5.55. The normalized spacial score (nSPS) is 10.2. The molecule has 0 aliphatic rings. The van der Waals surface area contributed by atoms with Crippen LogP contribution in [0.5, 0.6) is 5.75 Å². The van der Waals surface area contributed by atoms with Gasteiger partial charge in [-0.25, -0.2) is 0 Å². The van der Waals surface area contributed by atoms with Crippen LogP contribution in [0.3, 0.4) is 0 Å². The van der Waals surface area contributed by atoms with Crippen LogP contribution in [0.25, 0.3) is 11.3 Å². The molecule has 1 amide bonds. The van der Waals surface area contributed by atoms with Gasteiger partial charge in [0.1, 0.15) is 11.3 Å². The second kappa shape index (κ2) is 10.7. The number of nitrogens with one attached hydrogen (secondary N) is 2. The van der Waals surface area contributed by atoms with Crippen LogP contribution in [0, 0.1) is 13.5 Å². The van der Waals surface area contributed by atoms with Crippen molar-refractivity contribution in [1.82, 2.24) is 10.3 Å². The molecule has 1 heterocycles. The fourth-order valence-corrected chi connectivity index (χ4v) is 1.83. The van der Waals surface area contributed by atoms with E-state index in [1.807, 2.05) is 6.07 Å². The maximum atomic E-state index is 12.0. The SMILES string of the molecule is O.O.[CH-]=C[C@H]([CH2-])NC(=O)c1c(O)cc(-c2ccccc2)[nH]c1=O.[Sc]. The Balaban J connectivity index is 0. The van der Waals surface area contributed by atoms with Gasteiger partial charge >= 0.3 is 0 Å². The zero-order valence-corrected chi connectivity index (χ0v) is 14.5. The number of hydrogen-bond donors (Lipinski definition) is 3. The average molecular weight is 363 g/mol. The van der Waals surface area contributed by atoms with Crippen molar-refractivity contribution in [3.63, 3.8) is 0 Å². The first-order chi connectivity index (χ1) is 10.0. The summed E-state index contributed by atoms with van der Waals surface area (Å²) in [5.74, 6) is -1.14. The number of aromatic nitrogens is 1. The van der Waals surface area contributed by atoms with E-state index in [2.05, 4.69) is 17.2 Å². The zero-order chi connectivity index (χ0) is 15.4. The summed E-state index contributed by atoms with van der Waals surface area (Å²) in [6.45, 7) is 8.76. The molecule has 0 saturated carbocycles. The summed E-state index contributed by atoms with van der Waals surface area (Å²) in [5, 5.41) is 12.3. The third-order valence-electron chi connectivity index (χ3n) is 2.87. The predicted octanol–water partition coefficient (Wildman–Crippen LogP) is 0.0173. The molecule has 0 bridgehead atoms. The molecule has 1 atom stereocenters. The Morgan fingerprint density at radius 1 is 1.29 bits per heavy atom. The van der Waals surface area contributed by atoms with Gasteiger partial charge in [0.2, 0.25) is 0 Å². The topological polar surface area (TPSA) is 145 Å². The zero-order valence-electron chi connectivity index (χ0n) is 12.7. The molecule has 0 unspecified atom stereocenters. The van der Waals surface area contributed by atoms with Gasteiger partial charge in [-0.1, -0.05) is 30.3 Å².